The summed E-state index contributed by atoms with van der Waals surface area (Å²) in [6, 6.07) is 3.90. The van der Waals surface area contributed by atoms with Gasteiger partial charge < -0.3 is 25.0 Å². The van der Waals surface area contributed by atoms with Gasteiger partial charge in [-0.1, -0.05) is 6.07 Å². The minimum Gasteiger partial charge on any atom is -0.467 e. The van der Waals surface area contributed by atoms with Gasteiger partial charge in [0.2, 0.25) is 5.91 Å². The molecule has 1 aromatic rings. The van der Waals surface area contributed by atoms with Crippen molar-refractivity contribution in [2.75, 3.05) is 13.7 Å². The molecule has 5 aliphatic rings. The van der Waals surface area contributed by atoms with Crippen molar-refractivity contribution in [3.63, 3.8) is 0 Å². The second-order valence-corrected chi connectivity index (χ2v) is 10.7. The van der Waals surface area contributed by atoms with E-state index in [0.717, 1.165) is 43.2 Å². The van der Waals surface area contributed by atoms with Crippen molar-refractivity contribution in [3.8, 4) is 0 Å². The van der Waals surface area contributed by atoms with Crippen LogP contribution in [-0.2, 0) is 32.2 Å². The number of hydrogen-bond donors (Lipinski definition) is 2. The molecular formula is C25H32FN3O5. The van der Waals surface area contributed by atoms with Crippen LogP contribution < -0.4 is 10.6 Å². The summed E-state index contributed by atoms with van der Waals surface area (Å²) in [4.78, 5) is 39.0. The van der Waals surface area contributed by atoms with Crippen LogP contribution in [0, 0.1) is 17.7 Å². The molecule has 34 heavy (non-hydrogen) atoms. The summed E-state index contributed by atoms with van der Waals surface area (Å²) in [5.74, 6) is 0.0651. The summed E-state index contributed by atoms with van der Waals surface area (Å²) in [5.41, 5.74) is 1.03. The molecule has 1 aromatic carbocycles. The molecule has 0 saturated heterocycles. The molecule has 4 aliphatic carbocycles. The van der Waals surface area contributed by atoms with Crippen LogP contribution in [0.3, 0.4) is 0 Å². The summed E-state index contributed by atoms with van der Waals surface area (Å²) in [6.07, 6.45) is 4.73. The number of nitrogens with zero attached hydrogens (tertiary/aromatic N) is 1. The first-order valence-corrected chi connectivity index (χ1v) is 12.1. The van der Waals surface area contributed by atoms with E-state index in [4.69, 9.17) is 4.74 Å². The van der Waals surface area contributed by atoms with E-state index in [9.17, 15) is 18.8 Å². The molecule has 3 atom stereocenters. The maximum atomic E-state index is 13.5. The second kappa shape index (κ2) is 8.52. The number of hydrogen-bond acceptors (Lipinski definition) is 6. The Kier molecular flexibility index (Phi) is 5.78. The monoisotopic (exact) mass is 473 g/mol. The lowest BCUT2D eigenvalue weighted by Crippen LogP contribution is -2.66. The van der Waals surface area contributed by atoms with E-state index < -0.39 is 23.7 Å². The van der Waals surface area contributed by atoms with Crippen molar-refractivity contribution in [2.45, 2.75) is 75.7 Å². The number of carbonyl (C=O) groups excluding carboxylic acids is 3. The summed E-state index contributed by atoms with van der Waals surface area (Å²) >= 11 is 0. The van der Waals surface area contributed by atoms with Crippen molar-refractivity contribution in [2.24, 2.45) is 11.8 Å². The highest BCUT2D eigenvalue weighted by Crippen LogP contribution is 2.58. The van der Waals surface area contributed by atoms with Crippen molar-refractivity contribution < 1.29 is 28.2 Å². The minimum atomic E-state index is -0.783. The van der Waals surface area contributed by atoms with Crippen molar-refractivity contribution >= 4 is 18.0 Å². The Labute approximate surface area is 198 Å². The molecule has 8 nitrogen and oxygen atoms in total. The molecule has 9 heteroatoms. The number of alkyl carbamates (subject to hydrolysis) is 1. The zero-order valence-corrected chi connectivity index (χ0v) is 19.7. The summed E-state index contributed by atoms with van der Waals surface area (Å²) < 4.78 is 24.2. The number of fused-ring (bicyclic) bond motifs is 1. The first kappa shape index (κ1) is 23.1. The highest BCUT2D eigenvalue weighted by Gasteiger charge is 2.59. The van der Waals surface area contributed by atoms with Crippen LogP contribution in [0.15, 0.2) is 18.2 Å². The van der Waals surface area contributed by atoms with Gasteiger partial charge in [-0.15, -0.1) is 0 Å². The number of methoxy groups -OCH3 is 1. The van der Waals surface area contributed by atoms with E-state index in [0.29, 0.717) is 31.3 Å². The van der Waals surface area contributed by atoms with Gasteiger partial charge in [-0.3, -0.25) is 4.79 Å². The van der Waals surface area contributed by atoms with Crippen molar-refractivity contribution in [1.82, 2.24) is 15.5 Å². The maximum Gasteiger partial charge on any atom is 0.408 e. The molecule has 4 saturated carbocycles. The molecule has 1 aliphatic heterocycles. The molecule has 4 bridgehead atoms. The van der Waals surface area contributed by atoms with Gasteiger partial charge in [-0.2, -0.15) is 0 Å². The Balaban J connectivity index is 1.21. The minimum absolute atomic E-state index is 0.00744. The van der Waals surface area contributed by atoms with Gasteiger partial charge in [0.1, 0.15) is 17.5 Å². The highest BCUT2D eigenvalue weighted by atomic mass is 19.1. The summed E-state index contributed by atoms with van der Waals surface area (Å²) in [5, 5.41) is 6.13. The zero-order chi connectivity index (χ0) is 24.1. The van der Waals surface area contributed by atoms with Crippen LogP contribution in [0.1, 0.15) is 56.6 Å². The Hall–Kier alpha value is -2.68. The van der Waals surface area contributed by atoms with Crippen molar-refractivity contribution in [3.05, 3.63) is 35.1 Å². The topological polar surface area (TPSA) is 97.0 Å². The van der Waals surface area contributed by atoms with E-state index in [1.807, 2.05) is 0 Å². The third-order valence-corrected chi connectivity index (χ3v) is 8.06. The highest BCUT2D eigenvalue weighted by molar-refractivity contribution is 5.81. The lowest BCUT2D eigenvalue weighted by Gasteiger charge is -2.61. The fourth-order valence-corrected chi connectivity index (χ4v) is 7.06. The van der Waals surface area contributed by atoms with Crippen LogP contribution in [-0.4, -0.2) is 53.7 Å². The SMILES string of the molecule is COC(=O)[C@H](C)NC(=O)OC12CC3CC(CC(NCC(=O)N4Cc5ccc(F)cc5C4)(C3)C1)C2. The summed E-state index contributed by atoms with van der Waals surface area (Å²) in [7, 11) is 1.28. The van der Waals surface area contributed by atoms with E-state index in [1.54, 1.807) is 17.9 Å². The zero-order valence-electron chi connectivity index (χ0n) is 19.7. The fourth-order valence-electron chi connectivity index (χ4n) is 7.06. The molecule has 0 aromatic heterocycles. The van der Waals surface area contributed by atoms with Gasteiger partial charge in [-0.05, 0) is 74.1 Å². The van der Waals surface area contributed by atoms with Gasteiger partial charge in [0.05, 0.1) is 13.7 Å². The molecule has 2 N–H and O–H groups in total. The average Bonchev–Trinajstić information content (AvgIpc) is 3.18. The molecule has 4 fully saturated rings. The molecule has 1 heterocycles. The predicted octanol–water partition coefficient (Wildman–Crippen LogP) is 2.64. The van der Waals surface area contributed by atoms with Gasteiger partial charge in [-0.25, -0.2) is 14.0 Å². The van der Waals surface area contributed by atoms with Crippen LogP contribution in [0.5, 0.6) is 0 Å². The van der Waals surface area contributed by atoms with Gasteiger partial charge in [0, 0.05) is 25.0 Å². The Morgan fingerprint density at radius 2 is 1.85 bits per heavy atom. The quantitative estimate of drug-likeness (QED) is 0.617. The molecule has 2 amide bonds. The predicted molar refractivity (Wildman–Crippen MR) is 120 cm³/mol. The number of benzene rings is 1. The molecule has 184 valence electrons. The Morgan fingerprint density at radius 3 is 2.56 bits per heavy atom. The number of amides is 2. The number of nitrogens with one attached hydrogen (secondary N) is 2. The van der Waals surface area contributed by atoms with Gasteiger partial charge in [0.15, 0.2) is 0 Å². The van der Waals surface area contributed by atoms with E-state index >= 15 is 0 Å². The molecule has 0 spiro atoms. The molecule has 0 radical (unpaired) electrons. The van der Waals surface area contributed by atoms with Crippen molar-refractivity contribution in [1.29, 1.82) is 0 Å². The molecule has 2 unspecified atom stereocenters. The largest absolute Gasteiger partial charge is 0.467 e. The first-order valence-electron chi connectivity index (χ1n) is 12.1. The fraction of sp³-hybridized carbons (Fsp3) is 0.640. The number of halogens is 1. The average molecular weight is 474 g/mol. The molecular weight excluding hydrogens is 441 g/mol. The smallest absolute Gasteiger partial charge is 0.408 e. The normalized spacial score (nSPS) is 31.7. The number of ether oxygens (including phenoxy) is 2. The summed E-state index contributed by atoms with van der Waals surface area (Å²) in [6.45, 7) is 2.70. The van der Waals surface area contributed by atoms with Crippen LogP contribution in [0.4, 0.5) is 9.18 Å². The van der Waals surface area contributed by atoms with Gasteiger partial charge >= 0.3 is 12.1 Å². The van der Waals surface area contributed by atoms with E-state index in [-0.39, 0.29) is 23.8 Å². The Bertz CT molecular complexity index is 1000. The third-order valence-electron chi connectivity index (χ3n) is 8.06. The lowest BCUT2D eigenvalue weighted by molar-refractivity contribution is -0.150. The lowest BCUT2D eigenvalue weighted by atomic mass is 9.51. The van der Waals surface area contributed by atoms with E-state index in [1.165, 1.54) is 19.2 Å². The second-order valence-electron chi connectivity index (χ2n) is 10.7. The standard InChI is InChI=1S/C25H32FN3O5/c1-15(22(31)33-2)28-23(32)34-25-9-16-5-17(10-25)8-24(7-16,14-25)27-11-21(30)29-12-18-3-4-20(26)6-19(18)13-29/h3-4,6,15-17,27H,5,7-14H2,1-2H3,(H,28,32)/t15-,16?,17?,24?,25?/m0/s1. The molecule has 6 rings (SSSR count). The number of rotatable bonds is 6. The van der Waals surface area contributed by atoms with Gasteiger partial charge in [0.25, 0.3) is 0 Å². The third kappa shape index (κ3) is 4.37. The number of carbonyl (C=O) groups is 3. The van der Waals surface area contributed by atoms with E-state index in [2.05, 4.69) is 15.4 Å². The van der Waals surface area contributed by atoms with Crippen LogP contribution >= 0.6 is 0 Å². The van der Waals surface area contributed by atoms with Crippen LogP contribution in [0.25, 0.3) is 0 Å². The number of esters is 1. The maximum absolute atomic E-state index is 13.5. The first-order chi connectivity index (χ1) is 16.2. The van der Waals surface area contributed by atoms with Crippen LogP contribution in [0.2, 0.25) is 0 Å². The Morgan fingerprint density at radius 1 is 1.15 bits per heavy atom.